The molecule has 0 radical (unpaired) electrons. The molecule has 0 heterocycles. The van der Waals surface area contributed by atoms with E-state index < -0.39 is 5.97 Å². The predicted octanol–water partition coefficient (Wildman–Crippen LogP) is 1.44. The van der Waals surface area contributed by atoms with Gasteiger partial charge in [0.1, 0.15) is 0 Å². The quantitative estimate of drug-likeness (QED) is 0.675. The second kappa shape index (κ2) is 4.38. The first kappa shape index (κ1) is 13.2. The van der Waals surface area contributed by atoms with E-state index in [-0.39, 0.29) is 28.3 Å². The topological polar surface area (TPSA) is 74.3 Å². The number of hydrogen-bond donors (Lipinski definition) is 0. The average molecular weight is 279 g/mol. The average Bonchev–Trinajstić information content (AvgIpc) is 2.43. The van der Waals surface area contributed by atoms with Gasteiger partial charge in [0, 0.05) is 22.3 Å². The molecule has 0 bridgehead atoms. The number of hydrogen-bond acceptors (Lipinski definition) is 4. The Hall–Kier alpha value is -2.75. The fourth-order valence-corrected chi connectivity index (χ4v) is 2.81. The summed E-state index contributed by atoms with van der Waals surface area (Å²) < 4.78 is 0. The highest BCUT2D eigenvalue weighted by Gasteiger charge is 2.32. The molecule has 0 spiro atoms. The minimum atomic E-state index is -1.36. The molecular weight excluding hydrogens is 268 g/mol. The van der Waals surface area contributed by atoms with E-state index in [0.717, 1.165) is 5.56 Å². The van der Waals surface area contributed by atoms with Crippen molar-refractivity contribution >= 4 is 17.5 Å². The summed E-state index contributed by atoms with van der Waals surface area (Å²) in [6.45, 7) is 3.40. The van der Waals surface area contributed by atoms with Gasteiger partial charge in [0.05, 0.1) is 5.97 Å². The molecular formula is C17H11O4-. The molecule has 2 aromatic carbocycles. The third kappa shape index (κ3) is 1.80. The molecule has 1 aliphatic rings. The lowest BCUT2D eigenvalue weighted by atomic mass is 9.79. The van der Waals surface area contributed by atoms with Crippen LogP contribution in [0.25, 0.3) is 0 Å². The first-order valence-electron chi connectivity index (χ1n) is 6.47. The van der Waals surface area contributed by atoms with E-state index in [2.05, 4.69) is 0 Å². The van der Waals surface area contributed by atoms with Crippen LogP contribution >= 0.6 is 0 Å². The van der Waals surface area contributed by atoms with Crippen LogP contribution in [0.5, 0.6) is 0 Å². The molecule has 0 atom stereocenters. The Bertz CT molecular complexity index is 831. The Kier molecular flexibility index (Phi) is 2.76. The number of carboxylic acid groups (broad SMARTS) is 1. The molecule has 21 heavy (non-hydrogen) atoms. The molecule has 2 aromatic rings. The van der Waals surface area contributed by atoms with Crippen molar-refractivity contribution in [2.24, 2.45) is 0 Å². The van der Waals surface area contributed by atoms with Gasteiger partial charge in [-0.2, -0.15) is 0 Å². The van der Waals surface area contributed by atoms with Crippen molar-refractivity contribution in [2.75, 3.05) is 0 Å². The van der Waals surface area contributed by atoms with Crippen molar-refractivity contribution in [3.63, 3.8) is 0 Å². The molecule has 3 rings (SSSR count). The van der Waals surface area contributed by atoms with Crippen LogP contribution in [0, 0.1) is 13.8 Å². The summed E-state index contributed by atoms with van der Waals surface area (Å²) >= 11 is 0. The summed E-state index contributed by atoms with van der Waals surface area (Å²) in [5, 5.41) is 11.0. The van der Waals surface area contributed by atoms with Gasteiger partial charge in [-0.3, -0.25) is 9.59 Å². The summed E-state index contributed by atoms with van der Waals surface area (Å²) in [7, 11) is 0. The van der Waals surface area contributed by atoms with Crippen LogP contribution in [0.15, 0.2) is 30.3 Å². The van der Waals surface area contributed by atoms with Crippen molar-refractivity contribution in [1.29, 1.82) is 0 Å². The van der Waals surface area contributed by atoms with Gasteiger partial charge in [-0.15, -0.1) is 0 Å². The van der Waals surface area contributed by atoms with Crippen molar-refractivity contribution < 1.29 is 19.5 Å². The lowest BCUT2D eigenvalue weighted by Gasteiger charge is -2.21. The third-order valence-corrected chi connectivity index (χ3v) is 3.79. The number of aromatic carboxylic acids is 1. The minimum Gasteiger partial charge on any atom is -0.545 e. The highest BCUT2D eigenvalue weighted by molar-refractivity contribution is 6.29. The van der Waals surface area contributed by atoms with Gasteiger partial charge in [-0.05, 0) is 42.7 Å². The highest BCUT2D eigenvalue weighted by Crippen LogP contribution is 2.31. The van der Waals surface area contributed by atoms with Crippen molar-refractivity contribution in [3.05, 3.63) is 69.3 Å². The van der Waals surface area contributed by atoms with E-state index in [4.69, 9.17) is 0 Å². The number of carbonyl (C=O) groups excluding carboxylic acids is 3. The van der Waals surface area contributed by atoms with Crippen LogP contribution < -0.4 is 5.11 Å². The molecule has 104 valence electrons. The Morgan fingerprint density at radius 3 is 2.24 bits per heavy atom. The summed E-state index contributed by atoms with van der Waals surface area (Å²) in [6, 6.07) is 7.66. The van der Waals surface area contributed by atoms with Crippen molar-refractivity contribution in [1.82, 2.24) is 0 Å². The van der Waals surface area contributed by atoms with Gasteiger partial charge in [-0.25, -0.2) is 0 Å². The number of ketones is 2. The van der Waals surface area contributed by atoms with Gasteiger partial charge in [0.2, 0.25) is 0 Å². The Morgan fingerprint density at radius 2 is 1.57 bits per heavy atom. The molecule has 1 aliphatic carbocycles. The fourth-order valence-electron chi connectivity index (χ4n) is 2.81. The second-order valence-electron chi connectivity index (χ2n) is 5.16. The SMILES string of the molecule is Cc1cccc2c1C(=O)c1c(C)cc(C(=O)[O-])cc1C2=O. The van der Waals surface area contributed by atoms with Crippen molar-refractivity contribution in [2.45, 2.75) is 13.8 Å². The maximum atomic E-state index is 12.7. The number of rotatable bonds is 1. The maximum absolute atomic E-state index is 12.7. The number of carboxylic acids is 1. The molecule has 0 aromatic heterocycles. The minimum absolute atomic E-state index is 0.0940. The van der Waals surface area contributed by atoms with Gasteiger partial charge >= 0.3 is 0 Å². The van der Waals surface area contributed by atoms with E-state index in [1.165, 1.54) is 12.1 Å². The standard InChI is InChI=1S/C17H12O4/c1-8-4-3-5-11-13(8)16(19)14-9(2)6-10(17(20)21)7-12(14)15(11)18/h3-7H,1-2H3,(H,20,21)/p-1. The molecule has 0 amide bonds. The molecule has 0 fully saturated rings. The van der Waals surface area contributed by atoms with Crippen LogP contribution in [0.4, 0.5) is 0 Å². The van der Waals surface area contributed by atoms with Crippen LogP contribution in [0.3, 0.4) is 0 Å². The van der Waals surface area contributed by atoms with E-state index in [1.54, 1.807) is 32.0 Å². The van der Waals surface area contributed by atoms with Crippen LogP contribution in [-0.4, -0.2) is 17.5 Å². The van der Waals surface area contributed by atoms with Crippen LogP contribution in [0.1, 0.15) is 53.3 Å². The Morgan fingerprint density at radius 1 is 0.905 bits per heavy atom. The summed E-state index contributed by atoms with van der Waals surface area (Å²) in [6.07, 6.45) is 0. The molecule has 0 saturated heterocycles. The first-order chi connectivity index (χ1) is 9.91. The van der Waals surface area contributed by atoms with Gasteiger partial charge in [0.25, 0.3) is 0 Å². The lowest BCUT2D eigenvalue weighted by Crippen LogP contribution is -2.27. The van der Waals surface area contributed by atoms with E-state index in [0.29, 0.717) is 16.7 Å². The molecule has 0 N–H and O–H groups in total. The van der Waals surface area contributed by atoms with Gasteiger partial charge < -0.3 is 9.90 Å². The third-order valence-electron chi connectivity index (χ3n) is 3.79. The normalized spacial score (nSPS) is 12.9. The maximum Gasteiger partial charge on any atom is 0.195 e. The number of benzene rings is 2. The largest absolute Gasteiger partial charge is 0.545 e. The molecule has 4 nitrogen and oxygen atoms in total. The van der Waals surface area contributed by atoms with E-state index >= 15 is 0 Å². The monoisotopic (exact) mass is 279 g/mol. The zero-order valence-corrected chi connectivity index (χ0v) is 11.5. The number of carbonyl (C=O) groups is 3. The zero-order valence-electron chi connectivity index (χ0n) is 11.5. The summed E-state index contributed by atoms with van der Waals surface area (Å²) in [5.41, 5.74) is 2.26. The van der Waals surface area contributed by atoms with Gasteiger partial charge in [0.15, 0.2) is 11.6 Å². The zero-order chi connectivity index (χ0) is 15.3. The number of aryl methyl sites for hydroxylation is 2. The first-order valence-corrected chi connectivity index (χ1v) is 6.47. The fraction of sp³-hybridized carbons (Fsp3) is 0.118. The van der Waals surface area contributed by atoms with Crippen LogP contribution in [-0.2, 0) is 0 Å². The Balaban J connectivity index is 2.36. The van der Waals surface area contributed by atoms with E-state index in [9.17, 15) is 19.5 Å². The molecule has 0 saturated carbocycles. The van der Waals surface area contributed by atoms with E-state index in [1.807, 2.05) is 0 Å². The highest BCUT2D eigenvalue weighted by atomic mass is 16.4. The number of fused-ring (bicyclic) bond motifs is 2. The predicted molar refractivity (Wildman–Crippen MR) is 73.6 cm³/mol. The molecule has 0 unspecified atom stereocenters. The molecule has 4 heteroatoms. The van der Waals surface area contributed by atoms with Crippen LogP contribution in [0.2, 0.25) is 0 Å². The summed E-state index contributed by atoms with van der Waals surface area (Å²) in [4.78, 5) is 36.2. The molecule has 0 aliphatic heterocycles. The van der Waals surface area contributed by atoms with Crippen molar-refractivity contribution in [3.8, 4) is 0 Å². The smallest absolute Gasteiger partial charge is 0.195 e. The summed E-state index contributed by atoms with van der Waals surface area (Å²) in [5.74, 6) is -1.93. The second-order valence-corrected chi connectivity index (χ2v) is 5.16. The van der Waals surface area contributed by atoms with Gasteiger partial charge in [-0.1, -0.05) is 18.2 Å². The Labute approximate surface area is 121 Å². The lowest BCUT2D eigenvalue weighted by molar-refractivity contribution is -0.255.